The van der Waals surface area contributed by atoms with Crippen molar-refractivity contribution < 1.29 is 19.4 Å². The minimum absolute atomic E-state index is 0.0492. The van der Waals surface area contributed by atoms with Crippen molar-refractivity contribution in [2.24, 2.45) is 0 Å². The minimum atomic E-state index is -0.649. The van der Waals surface area contributed by atoms with E-state index in [2.05, 4.69) is 0 Å². The first-order chi connectivity index (χ1) is 13.8. The number of aliphatic hydroxyl groups excluding tert-OH is 1. The maximum Gasteiger partial charge on any atom is 0.295 e. The molecule has 5 nitrogen and oxygen atoms in total. The Morgan fingerprint density at radius 3 is 2.24 bits per heavy atom. The smallest absolute Gasteiger partial charge is 0.295 e. The van der Waals surface area contributed by atoms with Crippen molar-refractivity contribution in [3.05, 3.63) is 70.8 Å². The van der Waals surface area contributed by atoms with Crippen molar-refractivity contribution in [2.45, 2.75) is 46.3 Å². The lowest BCUT2D eigenvalue weighted by molar-refractivity contribution is -0.139. The summed E-state index contributed by atoms with van der Waals surface area (Å²) in [5.41, 5.74) is 2.47. The standard InChI is InChI=1S/C24H27NO4/c1-5-14-25-21(17-10-12-19(13-11-17)29-15(2)3)20(23(27)24(25)28)22(26)18-8-6-16(4)7-9-18/h6-13,15,21,26H,5,14H2,1-4H3/b22-20-. The molecule has 152 valence electrons. The summed E-state index contributed by atoms with van der Waals surface area (Å²) < 4.78 is 5.69. The van der Waals surface area contributed by atoms with Gasteiger partial charge in [-0.15, -0.1) is 0 Å². The number of likely N-dealkylation sites (tertiary alicyclic amines) is 1. The molecule has 0 aromatic heterocycles. The van der Waals surface area contributed by atoms with E-state index in [1.54, 1.807) is 17.0 Å². The molecule has 1 aliphatic heterocycles. The summed E-state index contributed by atoms with van der Waals surface area (Å²) in [6, 6.07) is 14.0. The lowest BCUT2D eigenvalue weighted by atomic mass is 9.95. The van der Waals surface area contributed by atoms with E-state index in [4.69, 9.17) is 4.74 Å². The van der Waals surface area contributed by atoms with E-state index in [-0.39, 0.29) is 17.4 Å². The average Bonchev–Trinajstić information content (AvgIpc) is 2.93. The zero-order chi connectivity index (χ0) is 21.1. The van der Waals surface area contributed by atoms with Crippen molar-refractivity contribution in [3.8, 4) is 5.75 Å². The van der Waals surface area contributed by atoms with Crippen LogP contribution in [-0.2, 0) is 9.59 Å². The van der Waals surface area contributed by atoms with Gasteiger partial charge in [-0.05, 0) is 44.9 Å². The van der Waals surface area contributed by atoms with Crippen LogP contribution in [0.1, 0.15) is 49.9 Å². The van der Waals surface area contributed by atoms with Gasteiger partial charge < -0.3 is 14.7 Å². The summed E-state index contributed by atoms with van der Waals surface area (Å²) in [7, 11) is 0. The van der Waals surface area contributed by atoms with Gasteiger partial charge in [0.1, 0.15) is 11.5 Å². The number of benzene rings is 2. The molecule has 0 aliphatic carbocycles. The predicted molar refractivity (Wildman–Crippen MR) is 113 cm³/mol. The maximum atomic E-state index is 12.8. The molecule has 1 unspecified atom stereocenters. The third-order valence-corrected chi connectivity index (χ3v) is 4.90. The molecule has 1 heterocycles. The number of amides is 1. The van der Waals surface area contributed by atoms with E-state index in [1.165, 1.54) is 0 Å². The molecule has 0 spiro atoms. The largest absolute Gasteiger partial charge is 0.507 e. The fourth-order valence-corrected chi connectivity index (χ4v) is 3.57. The summed E-state index contributed by atoms with van der Waals surface area (Å²) in [5, 5.41) is 10.9. The Balaban J connectivity index is 2.09. The first-order valence-corrected chi connectivity index (χ1v) is 9.95. The van der Waals surface area contributed by atoms with E-state index >= 15 is 0 Å². The third-order valence-electron chi connectivity index (χ3n) is 4.90. The summed E-state index contributed by atoms with van der Waals surface area (Å²) in [5.74, 6) is -0.652. The van der Waals surface area contributed by atoms with E-state index in [1.807, 2.05) is 64.1 Å². The highest BCUT2D eigenvalue weighted by atomic mass is 16.5. The van der Waals surface area contributed by atoms with Crippen molar-refractivity contribution in [1.82, 2.24) is 4.90 Å². The molecule has 0 saturated carbocycles. The van der Waals surface area contributed by atoms with E-state index < -0.39 is 17.7 Å². The van der Waals surface area contributed by atoms with Crippen LogP contribution < -0.4 is 4.74 Å². The zero-order valence-electron chi connectivity index (χ0n) is 17.3. The van der Waals surface area contributed by atoms with Crippen LogP contribution in [0.25, 0.3) is 5.76 Å². The Morgan fingerprint density at radius 2 is 1.69 bits per heavy atom. The van der Waals surface area contributed by atoms with Crippen molar-refractivity contribution in [3.63, 3.8) is 0 Å². The molecule has 1 atom stereocenters. The van der Waals surface area contributed by atoms with Crippen LogP contribution in [0.2, 0.25) is 0 Å². The van der Waals surface area contributed by atoms with Gasteiger partial charge in [-0.1, -0.05) is 48.9 Å². The van der Waals surface area contributed by atoms with E-state index in [0.29, 0.717) is 18.5 Å². The number of rotatable bonds is 6. The van der Waals surface area contributed by atoms with Crippen molar-refractivity contribution >= 4 is 17.4 Å². The summed E-state index contributed by atoms with van der Waals surface area (Å²) in [4.78, 5) is 27.1. The number of aryl methyl sites for hydroxylation is 1. The molecule has 5 heteroatoms. The average molecular weight is 393 g/mol. The number of hydrogen-bond donors (Lipinski definition) is 1. The van der Waals surface area contributed by atoms with Crippen LogP contribution >= 0.6 is 0 Å². The van der Waals surface area contributed by atoms with Gasteiger partial charge in [-0.3, -0.25) is 9.59 Å². The monoisotopic (exact) mass is 393 g/mol. The Morgan fingerprint density at radius 1 is 1.07 bits per heavy atom. The topological polar surface area (TPSA) is 66.8 Å². The molecule has 29 heavy (non-hydrogen) atoms. The molecule has 2 aromatic carbocycles. The van der Waals surface area contributed by atoms with Gasteiger partial charge in [-0.25, -0.2) is 0 Å². The fourth-order valence-electron chi connectivity index (χ4n) is 3.57. The van der Waals surface area contributed by atoms with Crippen LogP contribution in [0.3, 0.4) is 0 Å². The molecule has 0 bridgehead atoms. The van der Waals surface area contributed by atoms with Gasteiger partial charge in [0.2, 0.25) is 0 Å². The van der Waals surface area contributed by atoms with Gasteiger partial charge in [0.05, 0.1) is 17.7 Å². The van der Waals surface area contributed by atoms with Gasteiger partial charge in [0.15, 0.2) is 0 Å². The van der Waals surface area contributed by atoms with Crippen LogP contribution in [0.15, 0.2) is 54.1 Å². The molecule has 1 saturated heterocycles. The van der Waals surface area contributed by atoms with Crippen molar-refractivity contribution in [2.75, 3.05) is 6.54 Å². The molecule has 1 N–H and O–H groups in total. The second-order valence-corrected chi connectivity index (χ2v) is 7.59. The maximum absolute atomic E-state index is 12.8. The van der Waals surface area contributed by atoms with Crippen LogP contribution in [0.4, 0.5) is 0 Å². The van der Waals surface area contributed by atoms with Crippen LogP contribution in [0, 0.1) is 6.92 Å². The fraction of sp³-hybridized carbons (Fsp3) is 0.333. The number of hydrogen-bond acceptors (Lipinski definition) is 4. The lowest BCUT2D eigenvalue weighted by Gasteiger charge is -2.25. The molecular weight excluding hydrogens is 366 g/mol. The lowest BCUT2D eigenvalue weighted by Crippen LogP contribution is -2.30. The molecule has 1 amide bonds. The van der Waals surface area contributed by atoms with Crippen molar-refractivity contribution in [1.29, 1.82) is 0 Å². The summed E-state index contributed by atoms with van der Waals surface area (Å²) >= 11 is 0. The van der Waals surface area contributed by atoms with Crippen LogP contribution in [0.5, 0.6) is 5.75 Å². The Kier molecular flexibility index (Phi) is 6.06. The normalized spacial score (nSPS) is 18.5. The first kappa shape index (κ1) is 20.6. The molecule has 3 rings (SSSR count). The van der Waals surface area contributed by atoms with Gasteiger partial charge >= 0.3 is 0 Å². The number of carbonyl (C=O) groups excluding carboxylic acids is 2. The minimum Gasteiger partial charge on any atom is -0.507 e. The number of ketones is 1. The second-order valence-electron chi connectivity index (χ2n) is 7.59. The number of carbonyl (C=O) groups is 2. The number of ether oxygens (including phenoxy) is 1. The van der Waals surface area contributed by atoms with E-state index in [9.17, 15) is 14.7 Å². The van der Waals surface area contributed by atoms with Gasteiger partial charge in [0, 0.05) is 12.1 Å². The second kappa shape index (κ2) is 8.52. The molecular formula is C24H27NO4. The third kappa shape index (κ3) is 4.19. The Bertz CT molecular complexity index is 926. The summed E-state index contributed by atoms with van der Waals surface area (Å²) in [6.07, 6.45) is 0.760. The predicted octanol–water partition coefficient (Wildman–Crippen LogP) is 4.61. The number of nitrogens with zero attached hydrogens (tertiary/aromatic N) is 1. The molecule has 2 aromatic rings. The SMILES string of the molecule is CCCN1C(=O)C(=O)/C(=C(\O)c2ccc(C)cc2)C1c1ccc(OC(C)C)cc1. The van der Waals surface area contributed by atoms with Gasteiger partial charge in [-0.2, -0.15) is 0 Å². The Hall–Kier alpha value is -3.08. The Labute approximate surface area is 171 Å². The highest BCUT2D eigenvalue weighted by Gasteiger charge is 2.45. The van der Waals surface area contributed by atoms with E-state index in [0.717, 1.165) is 16.9 Å². The molecule has 0 radical (unpaired) electrons. The highest BCUT2D eigenvalue weighted by molar-refractivity contribution is 6.46. The van der Waals surface area contributed by atoms with Gasteiger partial charge in [0.25, 0.3) is 11.7 Å². The number of aliphatic hydroxyl groups is 1. The quantitative estimate of drug-likeness (QED) is 0.442. The number of Topliss-reactive ketones (excluding diaryl/α,β-unsaturated/α-hetero) is 1. The summed E-state index contributed by atoms with van der Waals surface area (Å²) in [6.45, 7) is 8.24. The highest BCUT2D eigenvalue weighted by Crippen LogP contribution is 2.39. The molecule has 1 fully saturated rings. The van der Waals surface area contributed by atoms with Crippen LogP contribution in [-0.4, -0.2) is 34.3 Å². The first-order valence-electron chi connectivity index (χ1n) is 9.95. The zero-order valence-corrected chi connectivity index (χ0v) is 17.3. The molecule has 1 aliphatic rings.